The van der Waals surface area contributed by atoms with Gasteiger partial charge in [-0.2, -0.15) is 0 Å². The summed E-state index contributed by atoms with van der Waals surface area (Å²) in [6.45, 7) is 2.98. The van der Waals surface area contributed by atoms with E-state index in [1.807, 2.05) is 12.4 Å². The smallest absolute Gasteiger partial charge is 0.236 e. The Hall–Kier alpha value is -1.14. The van der Waals surface area contributed by atoms with Crippen molar-refractivity contribution in [3.05, 3.63) is 11.1 Å². The second kappa shape index (κ2) is 4.80. The lowest BCUT2D eigenvalue weighted by Gasteiger charge is -2.17. The van der Waals surface area contributed by atoms with Gasteiger partial charge in [-0.05, 0) is 6.42 Å². The normalized spacial score (nSPS) is 18.8. The maximum absolute atomic E-state index is 11.7. The number of hydrogen-bond donors (Lipinski definition) is 1. The summed E-state index contributed by atoms with van der Waals surface area (Å²) in [7, 11) is 1.85. The number of likely N-dealkylation sites (N-methyl/N-ethyl adjacent to an activating group) is 1. The maximum atomic E-state index is 11.7. The van der Waals surface area contributed by atoms with Gasteiger partial charge in [0.25, 0.3) is 0 Å². The molecule has 1 fully saturated rings. The van der Waals surface area contributed by atoms with Crippen molar-refractivity contribution in [1.82, 2.24) is 14.8 Å². The standard InChI is InChI=1S/C10H16N4OS/c1-13-3-2-4-14(6-9(13)15)5-8-7-16-10(11)12-8/h7H,2-6H2,1H3,(H2,11,12). The van der Waals surface area contributed by atoms with Crippen molar-refractivity contribution in [1.29, 1.82) is 0 Å². The van der Waals surface area contributed by atoms with Gasteiger partial charge in [-0.3, -0.25) is 9.69 Å². The molecule has 2 rings (SSSR count). The molecular weight excluding hydrogens is 224 g/mol. The molecule has 0 aromatic carbocycles. The lowest BCUT2D eigenvalue weighted by molar-refractivity contribution is -0.130. The number of nitrogen functional groups attached to an aromatic ring is 1. The summed E-state index contributed by atoms with van der Waals surface area (Å²) in [5, 5.41) is 2.54. The Balaban J connectivity index is 1.97. The van der Waals surface area contributed by atoms with Crippen LogP contribution in [0.25, 0.3) is 0 Å². The lowest BCUT2D eigenvalue weighted by atomic mass is 10.3. The third kappa shape index (κ3) is 2.70. The molecule has 0 aliphatic carbocycles. The van der Waals surface area contributed by atoms with Crippen LogP contribution in [0.1, 0.15) is 12.1 Å². The van der Waals surface area contributed by atoms with Crippen LogP contribution in [0.4, 0.5) is 5.13 Å². The number of anilines is 1. The van der Waals surface area contributed by atoms with Crippen LogP contribution in [-0.4, -0.2) is 47.4 Å². The molecule has 6 heteroatoms. The van der Waals surface area contributed by atoms with E-state index < -0.39 is 0 Å². The first-order valence-corrected chi connectivity index (χ1v) is 6.19. The second-order valence-corrected chi connectivity index (χ2v) is 4.95. The third-order valence-corrected chi connectivity index (χ3v) is 3.43. The molecule has 1 amide bonds. The van der Waals surface area contributed by atoms with E-state index in [-0.39, 0.29) is 5.91 Å². The fraction of sp³-hybridized carbons (Fsp3) is 0.600. The van der Waals surface area contributed by atoms with Gasteiger partial charge in [0.2, 0.25) is 5.91 Å². The van der Waals surface area contributed by atoms with E-state index in [2.05, 4.69) is 9.88 Å². The average Bonchev–Trinajstić information content (AvgIpc) is 2.56. The van der Waals surface area contributed by atoms with Gasteiger partial charge in [-0.25, -0.2) is 4.98 Å². The molecule has 0 atom stereocenters. The number of nitrogens with zero attached hydrogens (tertiary/aromatic N) is 3. The summed E-state index contributed by atoms with van der Waals surface area (Å²) in [5.74, 6) is 0.181. The molecule has 0 unspecified atom stereocenters. The van der Waals surface area contributed by atoms with Crippen LogP contribution >= 0.6 is 11.3 Å². The Morgan fingerprint density at radius 1 is 1.56 bits per heavy atom. The summed E-state index contributed by atoms with van der Waals surface area (Å²) in [5.41, 5.74) is 6.54. The van der Waals surface area contributed by atoms with Gasteiger partial charge in [0.05, 0.1) is 12.2 Å². The molecule has 0 bridgehead atoms. The molecule has 0 radical (unpaired) electrons. The minimum absolute atomic E-state index is 0.181. The number of carbonyl (C=O) groups is 1. The summed E-state index contributed by atoms with van der Waals surface area (Å²) in [6, 6.07) is 0. The molecule has 1 aliphatic rings. The Kier molecular flexibility index (Phi) is 3.40. The molecule has 5 nitrogen and oxygen atoms in total. The van der Waals surface area contributed by atoms with E-state index in [4.69, 9.17) is 5.73 Å². The molecule has 0 saturated carbocycles. The Bertz CT molecular complexity index is 379. The van der Waals surface area contributed by atoms with Gasteiger partial charge in [0, 0.05) is 32.1 Å². The molecule has 0 spiro atoms. The fourth-order valence-electron chi connectivity index (χ4n) is 1.81. The van der Waals surface area contributed by atoms with Crippen molar-refractivity contribution < 1.29 is 4.79 Å². The monoisotopic (exact) mass is 240 g/mol. The molecule has 1 aliphatic heterocycles. The van der Waals surface area contributed by atoms with Crippen LogP contribution < -0.4 is 5.73 Å². The van der Waals surface area contributed by atoms with E-state index in [9.17, 15) is 4.79 Å². The Morgan fingerprint density at radius 3 is 3.06 bits per heavy atom. The fourth-order valence-corrected chi connectivity index (χ4v) is 2.36. The van der Waals surface area contributed by atoms with Crippen LogP contribution in [-0.2, 0) is 11.3 Å². The van der Waals surface area contributed by atoms with Crippen LogP contribution in [0, 0.1) is 0 Å². The van der Waals surface area contributed by atoms with Crippen LogP contribution in [0.2, 0.25) is 0 Å². The van der Waals surface area contributed by atoms with Crippen molar-refractivity contribution in [2.24, 2.45) is 0 Å². The third-order valence-electron chi connectivity index (χ3n) is 2.71. The minimum Gasteiger partial charge on any atom is -0.375 e. The number of thiazole rings is 1. The number of hydrogen-bond acceptors (Lipinski definition) is 5. The maximum Gasteiger partial charge on any atom is 0.236 e. The van der Waals surface area contributed by atoms with E-state index in [0.717, 1.165) is 25.2 Å². The number of nitrogens with two attached hydrogens (primary N) is 1. The molecule has 16 heavy (non-hydrogen) atoms. The van der Waals surface area contributed by atoms with Gasteiger partial charge in [0.1, 0.15) is 0 Å². The molecule has 1 saturated heterocycles. The van der Waals surface area contributed by atoms with Crippen molar-refractivity contribution in [2.75, 3.05) is 32.4 Å². The zero-order valence-corrected chi connectivity index (χ0v) is 10.2. The molecular formula is C10H16N4OS. The summed E-state index contributed by atoms with van der Waals surface area (Å²) in [6.07, 6.45) is 1.02. The highest BCUT2D eigenvalue weighted by atomic mass is 32.1. The molecule has 2 N–H and O–H groups in total. The van der Waals surface area contributed by atoms with Crippen LogP contribution in [0.15, 0.2) is 5.38 Å². The summed E-state index contributed by atoms with van der Waals surface area (Å²) >= 11 is 1.44. The first kappa shape index (κ1) is 11.3. The zero-order valence-electron chi connectivity index (χ0n) is 9.35. The topological polar surface area (TPSA) is 62.5 Å². The molecule has 1 aromatic heterocycles. The zero-order chi connectivity index (χ0) is 11.5. The quantitative estimate of drug-likeness (QED) is 0.812. The van der Waals surface area contributed by atoms with Gasteiger partial charge in [-0.15, -0.1) is 11.3 Å². The van der Waals surface area contributed by atoms with Gasteiger partial charge in [-0.1, -0.05) is 0 Å². The number of amides is 1. The Morgan fingerprint density at radius 2 is 2.38 bits per heavy atom. The van der Waals surface area contributed by atoms with Crippen LogP contribution in [0.5, 0.6) is 0 Å². The molecule has 2 heterocycles. The first-order chi connectivity index (χ1) is 7.65. The Labute approximate surface area is 98.9 Å². The van der Waals surface area contributed by atoms with Crippen LogP contribution in [0.3, 0.4) is 0 Å². The average molecular weight is 240 g/mol. The minimum atomic E-state index is 0.181. The number of carbonyl (C=O) groups excluding carboxylic acids is 1. The predicted molar refractivity (Wildman–Crippen MR) is 64.1 cm³/mol. The van der Waals surface area contributed by atoms with Gasteiger partial charge in [0.15, 0.2) is 5.13 Å². The predicted octanol–water partition coefficient (Wildman–Crippen LogP) is 0.389. The summed E-state index contributed by atoms with van der Waals surface area (Å²) < 4.78 is 0. The first-order valence-electron chi connectivity index (χ1n) is 5.31. The van der Waals surface area contributed by atoms with E-state index in [0.29, 0.717) is 18.2 Å². The highest BCUT2D eigenvalue weighted by Gasteiger charge is 2.19. The largest absolute Gasteiger partial charge is 0.375 e. The van der Waals surface area contributed by atoms with Crippen molar-refractivity contribution in [3.8, 4) is 0 Å². The number of aromatic nitrogens is 1. The van der Waals surface area contributed by atoms with Crippen molar-refractivity contribution >= 4 is 22.4 Å². The second-order valence-electron chi connectivity index (χ2n) is 4.06. The van der Waals surface area contributed by atoms with E-state index in [1.165, 1.54) is 11.3 Å². The number of rotatable bonds is 2. The lowest BCUT2D eigenvalue weighted by Crippen LogP contribution is -2.34. The molecule has 1 aromatic rings. The van der Waals surface area contributed by atoms with Gasteiger partial charge < -0.3 is 10.6 Å². The molecule has 88 valence electrons. The van der Waals surface area contributed by atoms with E-state index in [1.54, 1.807) is 4.90 Å². The van der Waals surface area contributed by atoms with Crippen molar-refractivity contribution in [2.45, 2.75) is 13.0 Å². The highest BCUT2D eigenvalue weighted by Crippen LogP contribution is 2.14. The van der Waals surface area contributed by atoms with Gasteiger partial charge >= 0.3 is 0 Å². The van der Waals surface area contributed by atoms with Crippen molar-refractivity contribution in [3.63, 3.8) is 0 Å². The SMILES string of the molecule is CN1CCCN(Cc2csc(N)n2)CC1=O. The van der Waals surface area contributed by atoms with E-state index >= 15 is 0 Å². The highest BCUT2D eigenvalue weighted by molar-refractivity contribution is 7.13. The summed E-state index contributed by atoms with van der Waals surface area (Å²) in [4.78, 5) is 19.8.